The average Bonchev–Trinajstić information content (AvgIpc) is 2.30. The van der Waals surface area contributed by atoms with Gasteiger partial charge in [-0.3, -0.25) is 0 Å². The van der Waals surface area contributed by atoms with Crippen molar-refractivity contribution in [3.63, 3.8) is 0 Å². The summed E-state index contributed by atoms with van der Waals surface area (Å²) in [6, 6.07) is 0.0927. The van der Waals surface area contributed by atoms with Crippen LogP contribution in [0.4, 0.5) is 4.79 Å². The van der Waals surface area contributed by atoms with Gasteiger partial charge in [-0.05, 0) is 70.6 Å². The van der Waals surface area contributed by atoms with Crippen molar-refractivity contribution in [3.8, 4) is 0 Å². The number of hydrogen-bond donors (Lipinski definition) is 2. The van der Waals surface area contributed by atoms with Crippen LogP contribution in [0.25, 0.3) is 0 Å². The number of aliphatic hydroxyl groups is 1. The number of carbonyl (C=O) groups is 1. The van der Waals surface area contributed by atoms with Gasteiger partial charge < -0.3 is 15.2 Å². The van der Waals surface area contributed by atoms with Crippen molar-refractivity contribution in [1.82, 2.24) is 5.32 Å². The van der Waals surface area contributed by atoms with Crippen molar-refractivity contribution < 1.29 is 14.6 Å². The molecule has 3 unspecified atom stereocenters. The van der Waals surface area contributed by atoms with Gasteiger partial charge in [0.2, 0.25) is 0 Å². The summed E-state index contributed by atoms with van der Waals surface area (Å²) >= 11 is 0. The summed E-state index contributed by atoms with van der Waals surface area (Å²) in [6.07, 6.45) is 5.55. The molecule has 4 rings (SSSR count). The van der Waals surface area contributed by atoms with Crippen LogP contribution in [0.15, 0.2) is 0 Å². The molecule has 114 valence electrons. The van der Waals surface area contributed by atoms with Crippen LogP contribution in [0.5, 0.6) is 0 Å². The summed E-state index contributed by atoms with van der Waals surface area (Å²) in [5, 5.41) is 13.0. The minimum absolute atomic E-state index is 0.0916. The maximum atomic E-state index is 12.1. The summed E-state index contributed by atoms with van der Waals surface area (Å²) in [5.41, 5.74) is -0.561. The second-order valence-electron chi connectivity index (χ2n) is 8.25. The van der Waals surface area contributed by atoms with Crippen LogP contribution >= 0.6 is 0 Å². The van der Waals surface area contributed by atoms with E-state index in [1.807, 2.05) is 20.8 Å². The molecule has 1 amide bonds. The zero-order valence-corrected chi connectivity index (χ0v) is 12.8. The van der Waals surface area contributed by atoms with Crippen molar-refractivity contribution in [1.29, 1.82) is 0 Å². The van der Waals surface area contributed by atoms with Crippen molar-refractivity contribution >= 4 is 6.09 Å². The Hall–Kier alpha value is -0.770. The van der Waals surface area contributed by atoms with Crippen molar-refractivity contribution in [3.05, 3.63) is 0 Å². The van der Waals surface area contributed by atoms with E-state index in [4.69, 9.17) is 4.74 Å². The van der Waals surface area contributed by atoms with E-state index in [0.29, 0.717) is 5.92 Å². The molecule has 0 spiro atoms. The highest BCUT2D eigenvalue weighted by atomic mass is 16.6. The summed E-state index contributed by atoms with van der Waals surface area (Å²) < 4.78 is 5.40. The minimum atomic E-state index is -0.470. The van der Waals surface area contributed by atoms with Gasteiger partial charge in [-0.1, -0.05) is 0 Å². The molecule has 0 heterocycles. The highest BCUT2D eigenvalue weighted by Crippen LogP contribution is 2.59. The van der Waals surface area contributed by atoms with E-state index in [9.17, 15) is 9.90 Å². The van der Waals surface area contributed by atoms with E-state index in [0.717, 1.165) is 24.7 Å². The second-order valence-corrected chi connectivity index (χ2v) is 8.25. The van der Waals surface area contributed by atoms with E-state index in [-0.39, 0.29) is 24.2 Å². The Labute approximate surface area is 121 Å². The minimum Gasteiger partial charge on any atom is -0.444 e. The summed E-state index contributed by atoms with van der Waals surface area (Å²) in [7, 11) is 0. The van der Waals surface area contributed by atoms with E-state index < -0.39 is 5.60 Å². The largest absolute Gasteiger partial charge is 0.444 e. The van der Waals surface area contributed by atoms with Gasteiger partial charge >= 0.3 is 6.09 Å². The summed E-state index contributed by atoms with van der Waals surface area (Å²) in [5.74, 6) is 2.05. The van der Waals surface area contributed by atoms with E-state index in [2.05, 4.69) is 5.32 Å². The summed E-state index contributed by atoms with van der Waals surface area (Å²) in [4.78, 5) is 12.1. The molecular formula is C16H27NO3. The lowest BCUT2D eigenvalue weighted by Crippen LogP contribution is -2.63. The molecule has 4 fully saturated rings. The lowest BCUT2D eigenvalue weighted by Gasteiger charge is -2.60. The number of rotatable bonds is 2. The van der Waals surface area contributed by atoms with E-state index in [1.54, 1.807) is 0 Å². The number of nitrogens with one attached hydrogen (secondary N) is 1. The third-order valence-corrected chi connectivity index (χ3v) is 5.45. The van der Waals surface area contributed by atoms with Crippen LogP contribution in [0.3, 0.4) is 0 Å². The van der Waals surface area contributed by atoms with Crippen LogP contribution in [0, 0.1) is 23.2 Å². The molecule has 4 nitrogen and oxygen atoms in total. The predicted octanol–water partition coefficient (Wildman–Crippen LogP) is 2.70. The normalized spacial score (nSPS) is 42.6. The Morgan fingerprint density at radius 2 is 1.85 bits per heavy atom. The molecule has 4 saturated carbocycles. The Balaban J connectivity index is 1.73. The first-order valence-corrected chi connectivity index (χ1v) is 7.92. The number of amides is 1. The Bertz CT molecular complexity index is 387. The highest BCUT2D eigenvalue weighted by Gasteiger charge is 2.57. The molecule has 4 aliphatic rings. The van der Waals surface area contributed by atoms with Gasteiger partial charge in [0.15, 0.2) is 0 Å². The molecule has 4 aliphatic carbocycles. The first kappa shape index (κ1) is 14.2. The zero-order chi connectivity index (χ0) is 14.5. The van der Waals surface area contributed by atoms with Gasteiger partial charge in [0, 0.05) is 11.5 Å². The van der Waals surface area contributed by atoms with Gasteiger partial charge in [0.25, 0.3) is 0 Å². The van der Waals surface area contributed by atoms with E-state index in [1.165, 1.54) is 19.3 Å². The summed E-state index contributed by atoms with van der Waals surface area (Å²) in [6.45, 7) is 5.83. The quantitative estimate of drug-likeness (QED) is 0.818. The van der Waals surface area contributed by atoms with Crippen LogP contribution in [0.1, 0.15) is 52.9 Å². The third-order valence-electron chi connectivity index (χ3n) is 5.45. The maximum Gasteiger partial charge on any atom is 0.407 e. The molecule has 20 heavy (non-hydrogen) atoms. The first-order valence-electron chi connectivity index (χ1n) is 7.92. The Kier molecular flexibility index (Phi) is 3.27. The van der Waals surface area contributed by atoms with Crippen molar-refractivity contribution in [2.45, 2.75) is 64.5 Å². The molecule has 2 N–H and O–H groups in total. The monoisotopic (exact) mass is 281 g/mol. The van der Waals surface area contributed by atoms with Crippen molar-refractivity contribution in [2.75, 3.05) is 6.61 Å². The van der Waals surface area contributed by atoms with Gasteiger partial charge in [-0.2, -0.15) is 0 Å². The van der Waals surface area contributed by atoms with Crippen LogP contribution in [-0.2, 0) is 4.74 Å². The smallest absolute Gasteiger partial charge is 0.407 e. The van der Waals surface area contributed by atoms with Gasteiger partial charge in [0.05, 0.1) is 6.61 Å². The van der Waals surface area contributed by atoms with Crippen molar-refractivity contribution in [2.24, 2.45) is 23.2 Å². The van der Waals surface area contributed by atoms with Crippen LogP contribution < -0.4 is 5.32 Å². The molecule has 0 aliphatic heterocycles. The second kappa shape index (κ2) is 4.62. The number of ether oxygens (including phenoxy) is 1. The first-order chi connectivity index (χ1) is 9.31. The number of carbonyl (C=O) groups excluding carboxylic acids is 1. The Morgan fingerprint density at radius 3 is 2.35 bits per heavy atom. The van der Waals surface area contributed by atoms with E-state index >= 15 is 0 Å². The molecule has 4 heteroatoms. The standard InChI is InChI=1S/C16H27NO3/c1-15(2,3)20-14(19)17-13-12-5-10-4-11(6-12)8-16(13,7-10)9-18/h10-13,18H,4-9H2,1-3H3,(H,17,19). The highest BCUT2D eigenvalue weighted by molar-refractivity contribution is 5.68. The van der Waals surface area contributed by atoms with Crippen LogP contribution in [0.2, 0.25) is 0 Å². The number of aliphatic hydroxyl groups excluding tert-OH is 1. The zero-order valence-electron chi connectivity index (χ0n) is 12.8. The SMILES string of the molecule is CC(C)(C)OC(=O)NC1C2CC3CC(C2)CC1(CO)C3. The maximum absolute atomic E-state index is 12.1. The fourth-order valence-corrected chi connectivity index (χ4v) is 5.14. The fourth-order valence-electron chi connectivity index (χ4n) is 5.14. The molecule has 0 saturated heterocycles. The molecular weight excluding hydrogens is 254 g/mol. The van der Waals surface area contributed by atoms with Gasteiger partial charge in [-0.15, -0.1) is 0 Å². The van der Waals surface area contributed by atoms with Gasteiger partial charge in [-0.25, -0.2) is 4.79 Å². The molecule has 4 bridgehead atoms. The average molecular weight is 281 g/mol. The third kappa shape index (κ3) is 2.43. The molecule has 0 radical (unpaired) electrons. The number of hydrogen-bond acceptors (Lipinski definition) is 3. The molecule has 0 aromatic heterocycles. The van der Waals surface area contributed by atoms with Gasteiger partial charge in [0.1, 0.15) is 5.60 Å². The number of alkyl carbamates (subject to hydrolysis) is 1. The predicted molar refractivity (Wildman–Crippen MR) is 76.2 cm³/mol. The lowest BCUT2D eigenvalue weighted by atomic mass is 9.47. The molecule has 0 aromatic carbocycles. The molecule has 0 aromatic rings. The Morgan fingerprint density at radius 1 is 1.25 bits per heavy atom. The lowest BCUT2D eigenvalue weighted by molar-refractivity contribution is -0.108. The topological polar surface area (TPSA) is 58.6 Å². The van der Waals surface area contributed by atoms with Crippen LogP contribution in [-0.4, -0.2) is 29.4 Å². The fraction of sp³-hybridized carbons (Fsp3) is 0.938. The molecule has 3 atom stereocenters.